The number of nitrogens with zero attached hydrogens (tertiary/aromatic N) is 1. The smallest absolute Gasteiger partial charge is 0.335 e. The molecule has 0 amide bonds. The van der Waals surface area contributed by atoms with Crippen molar-refractivity contribution in [3.8, 4) is 0 Å². The van der Waals surface area contributed by atoms with E-state index in [1.165, 1.54) is 66.8 Å². The van der Waals surface area contributed by atoms with Crippen molar-refractivity contribution < 1.29 is 9.90 Å². The van der Waals surface area contributed by atoms with Gasteiger partial charge in [0.1, 0.15) is 0 Å². The molecule has 4 atom stereocenters. The molecule has 2 heterocycles. The molecule has 2 aromatic rings. The van der Waals surface area contributed by atoms with Crippen LogP contribution in [0, 0.1) is 23.7 Å². The lowest BCUT2D eigenvalue weighted by Crippen LogP contribution is -2.39. The fourth-order valence-corrected chi connectivity index (χ4v) is 6.95. The van der Waals surface area contributed by atoms with Gasteiger partial charge < -0.3 is 10.1 Å². The van der Waals surface area contributed by atoms with Gasteiger partial charge >= 0.3 is 5.97 Å². The van der Waals surface area contributed by atoms with Gasteiger partial charge in [0.25, 0.3) is 0 Å². The third-order valence-electron chi connectivity index (χ3n) is 8.54. The molecule has 6 rings (SSSR count). The Morgan fingerprint density at radius 1 is 1.10 bits per heavy atom. The predicted octanol–water partition coefficient (Wildman–Crippen LogP) is 3.94. The van der Waals surface area contributed by atoms with Gasteiger partial charge in [-0.15, -0.1) is 0 Å². The summed E-state index contributed by atoms with van der Waals surface area (Å²) in [7, 11) is 0. The normalized spacial score (nSPS) is 30.5. The van der Waals surface area contributed by atoms with Gasteiger partial charge in [-0.1, -0.05) is 18.6 Å². The molecule has 1 aromatic heterocycles. The number of carbonyl (C=O) groups is 1. The highest BCUT2D eigenvalue weighted by atomic mass is 16.4. The van der Waals surface area contributed by atoms with Crippen LogP contribution in [0.5, 0.6) is 0 Å². The van der Waals surface area contributed by atoms with Crippen molar-refractivity contribution in [1.82, 2.24) is 9.88 Å². The van der Waals surface area contributed by atoms with Crippen LogP contribution in [-0.2, 0) is 0 Å². The van der Waals surface area contributed by atoms with Crippen LogP contribution < -0.4 is 10.6 Å². The molecular formula is C27H32N2O2. The summed E-state index contributed by atoms with van der Waals surface area (Å²) in [4.78, 5) is 17.6. The number of carboxylic acid groups (broad SMARTS) is 1. The Kier molecular flexibility index (Phi) is 4.60. The monoisotopic (exact) mass is 416 g/mol. The zero-order valence-corrected chi connectivity index (χ0v) is 18.3. The molecule has 0 spiro atoms. The predicted molar refractivity (Wildman–Crippen MR) is 122 cm³/mol. The third kappa shape index (κ3) is 3.27. The van der Waals surface area contributed by atoms with Crippen LogP contribution in [0.3, 0.4) is 0 Å². The Labute approximate surface area is 183 Å². The van der Waals surface area contributed by atoms with Crippen molar-refractivity contribution in [2.45, 2.75) is 51.5 Å². The Morgan fingerprint density at radius 2 is 1.90 bits per heavy atom. The van der Waals surface area contributed by atoms with Crippen LogP contribution in [0.1, 0.15) is 67.4 Å². The molecule has 3 aliphatic carbocycles. The lowest BCUT2D eigenvalue weighted by molar-refractivity contribution is 0.0697. The van der Waals surface area contributed by atoms with Crippen LogP contribution in [-0.4, -0.2) is 34.0 Å². The third-order valence-corrected chi connectivity index (χ3v) is 8.54. The maximum atomic E-state index is 11.3. The summed E-state index contributed by atoms with van der Waals surface area (Å²) in [5.41, 5.74) is 4.85. The fraction of sp³-hybridized carbons (Fsp3) is 0.519. The molecule has 0 radical (unpaired) electrons. The number of carboxylic acids is 1. The average molecular weight is 417 g/mol. The van der Waals surface area contributed by atoms with Gasteiger partial charge in [-0.3, -0.25) is 4.90 Å². The van der Waals surface area contributed by atoms with Gasteiger partial charge in [0, 0.05) is 35.9 Å². The van der Waals surface area contributed by atoms with Crippen LogP contribution in [0.4, 0.5) is 0 Å². The van der Waals surface area contributed by atoms with E-state index in [9.17, 15) is 9.90 Å². The maximum Gasteiger partial charge on any atom is 0.335 e. The highest BCUT2D eigenvalue weighted by Crippen LogP contribution is 2.51. The number of H-pyrrole nitrogens is 1. The number of nitrogens with one attached hydrogen (secondary N) is 1. The molecule has 3 fully saturated rings. The number of hydrogen-bond acceptors (Lipinski definition) is 2. The van der Waals surface area contributed by atoms with E-state index in [1.54, 1.807) is 17.7 Å². The van der Waals surface area contributed by atoms with Crippen molar-refractivity contribution in [3.63, 3.8) is 0 Å². The first-order chi connectivity index (χ1) is 15.1. The molecule has 0 bridgehead atoms. The molecule has 31 heavy (non-hydrogen) atoms. The van der Waals surface area contributed by atoms with E-state index in [2.05, 4.69) is 41.2 Å². The van der Waals surface area contributed by atoms with Crippen LogP contribution in [0.15, 0.2) is 36.5 Å². The first-order valence-corrected chi connectivity index (χ1v) is 12.0. The summed E-state index contributed by atoms with van der Waals surface area (Å²) in [5.74, 6) is 2.21. The standard InChI is InChI=1S/C27H32N2O2/c1-16-13-23(17-5-6-17)24(22-11-12-28-25(16)22)15-29-14-20-3-2-4-21(20)26(29)18-7-9-19(10-8-18)27(30)31/h7-12,17,20-21,23,26,28H,2-6,13-15H2,1H3,(H,30,31). The minimum atomic E-state index is -0.842. The SMILES string of the molecule is CC1=c2[nH]ccc2=C(CN2CC3CCCC3C2c2ccc(C(=O)O)cc2)C(C2CC2)C1. The molecule has 2 saturated carbocycles. The van der Waals surface area contributed by atoms with Gasteiger partial charge in [-0.25, -0.2) is 4.79 Å². The number of likely N-dealkylation sites (tertiary alicyclic amines) is 1. The maximum absolute atomic E-state index is 11.3. The average Bonchev–Trinajstić information content (AvgIpc) is 3.16. The van der Waals surface area contributed by atoms with E-state index in [4.69, 9.17) is 0 Å². The zero-order chi connectivity index (χ0) is 21.1. The lowest BCUT2D eigenvalue weighted by atomic mass is 9.82. The Balaban J connectivity index is 1.38. The largest absolute Gasteiger partial charge is 0.478 e. The summed E-state index contributed by atoms with van der Waals surface area (Å²) >= 11 is 0. The molecule has 1 aliphatic heterocycles. The number of aromatic amines is 1. The highest BCUT2D eigenvalue weighted by Gasteiger charge is 2.46. The number of rotatable bonds is 5. The molecule has 1 aromatic carbocycles. The summed E-state index contributed by atoms with van der Waals surface area (Å²) in [6.07, 6.45) is 10.1. The van der Waals surface area contributed by atoms with E-state index in [1.807, 2.05) is 0 Å². The Hall–Kier alpha value is -2.33. The molecule has 2 N–H and O–H groups in total. The van der Waals surface area contributed by atoms with Crippen LogP contribution in [0.25, 0.3) is 11.1 Å². The summed E-state index contributed by atoms with van der Waals surface area (Å²) < 4.78 is 0. The minimum absolute atomic E-state index is 0.384. The highest BCUT2D eigenvalue weighted by molar-refractivity contribution is 5.87. The Morgan fingerprint density at radius 3 is 2.65 bits per heavy atom. The van der Waals surface area contributed by atoms with Crippen molar-refractivity contribution in [3.05, 3.63) is 58.2 Å². The van der Waals surface area contributed by atoms with Gasteiger partial charge in [0.15, 0.2) is 0 Å². The van der Waals surface area contributed by atoms with E-state index >= 15 is 0 Å². The molecule has 1 saturated heterocycles. The van der Waals surface area contributed by atoms with E-state index in [0.717, 1.165) is 18.4 Å². The zero-order valence-electron chi connectivity index (χ0n) is 18.3. The number of aromatic carboxylic acids is 1. The van der Waals surface area contributed by atoms with Crippen molar-refractivity contribution >= 4 is 17.1 Å². The summed E-state index contributed by atoms with van der Waals surface area (Å²) in [6, 6.07) is 10.5. The molecule has 4 unspecified atom stereocenters. The van der Waals surface area contributed by atoms with Crippen LogP contribution in [0.2, 0.25) is 0 Å². The number of fused-ring (bicyclic) bond motifs is 2. The van der Waals surface area contributed by atoms with Crippen molar-refractivity contribution in [1.29, 1.82) is 0 Å². The second kappa shape index (κ2) is 7.37. The topological polar surface area (TPSA) is 56.3 Å². The van der Waals surface area contributed by atoms with E-state index in [0.29, 0.717) is 23.4 Å². The number of benzene rings is 1. The number of aromatic nitrogens is 1. The fourth-order valence-electron chi connectivity index (χ4n) is 6.95. The quantitative estimate of drug-likeness (QED) is 0.776. The lowest BCUT2D eigenvalue weighted by Gasteiger charge is -2.33. The minimum Gasteiger partial charge on any atom is -0.478 e. The van der Waals surface area contributed by atoms with Gasteiger partial charge in [-0.2, -0.15) is 0 Å². The molecular weight excluding hydrogens is 384 g/mol. The summed E-state index contributed by atoms with van der Waals surface area (Å²) in [6.45, 7) is 4.53. The number of hydrogen-bond donors (Lipinski definition) is 2. The van der Waals surface area contributed by atoms with E-state index < -0.39 is 5.97 Å². The van der Waals surface area contributed by atoms with Crippen LogP contribution >= 0.6 is 0 Å². The van der Waals surface area contributed by atoms with Crippen molar-refractivity contribution in [2.75, 3.05) is 13.1 Å². The van der Waals surface area contributed by atoms with Crippen molar-refractivity contribution in [2.24, 2.45) is 23.7 Å². The van der Waals surface area contributed by atoms with Gasteiger partial charge in [0.2, 0.25) is 0 Å². The van der Waals surface area contributed by atoms with Gasteiger partial charge in [0.05, 0.1) is 5.56 Å². The van der Waals surface area contributed by atoms with E-state index in [-0.39, 0.29) is 0 Å². The summed E-state index contributed by atoms with van der Waals surface area (Å²) in [5, 5.41) is 12.1. The second-order valence-corrected chi connectivity index (χ2v) is 10.4. The first-order valence-electron chi connectivity index (χ1n) is 12.0. The molecule has 4 nitrogen and oxygen atoms in total. The molecule has 162 valence electrons. The Bertz CT molecular complexity index is 1120. The van der Waals surface area contributed by atoms with Gasteiger partial charge in [-0.05, 0) is 97.6 Å². The first kappa shape index (κ1) is 19.4. The second-order valence-electron chi connectivity index (χ2n) is 10.4. The molecule has 4 heteroatoms. The molecule has 4 aliphatic rings.